The molecule has 7 nitrogen and oxygen atoms in total. The molecule has 2 aromatic rings. The van der Waals surface area contributed by atoms with Crippen LogP contribution >= 0.6 is 0 Å². The molecule has 2 saturated heterocycles. The van der Waals surface area contributed by atoms with Crippen LogP contribution in [0, 0.1) is 0 Å². The molecule has 2 atom stereocenters. The van der Waals surface area contributed by atoms with Crippen LogP contribution < -0.4 is 9.80 Å². The summed E-state index contributed by atoms with van der Waals surface area (Å²) in [6, 6.07) is 6.48. The minimum Gasteiger partial charge on any atom is -0.465 e. The largest absolute Gasteiger partial charge is 0.465 e. The average Bonchev–Trinajstić information content (AvgIpc) is 3.27. The van der Waals surface area contributed by atoms with Crippen molar-refractivity contribution in [3.05, 3.63) is 35.9 Å². The van der Waals surface area contributed by atoms with E-state index in [9.17, 15) is 0 Å². The van der Waals surface area contributed by atoms with Gasteiger partial charge in [0.25, 0.3) is 0 Å². The number of aryl methyl sites for hydroxylation is 1. The Bertz CT molecular complexity index is 747. The summed E-state index contributed by atoms with van der Waals surface area (Å²) in [4.78, 5) is 15.8. The SMILES string of the molecule is CCc1ccc(CN2C[C@@H]3OCCN(c4ccnc(N(C)C)n4)[C@@H]3C2)o1. The molecule has 140 valence electrons. The van der Waals surface area contributed by atoms with E-state index in [-0.39, 0.29) is 6.10 Å². The van der Waals surface area contributed by atoms with E-state index in [1.807, 2.05) is 31.3 Å². The molecule has 0 aromatic carbocycles. The molecular weight excluding hydrogens is 330 g/mol. The molecule has 0 unspecified atom stereocenters. The molecule has 0 spiro atoms. The van der Waals surface area contributed by atoms with Crippen molar-refractivity contribution in [1.29, 1.82) is 0 Å². The van der Waals surface area contributed by atoms with Crippen LogP contribution in [0.15, 0.2) is 28.8 Å². The smallest absolute Gasteiger partial charge is 0.226 e. The van der Waals surface area contributed by atoms with Crippen molar-refractivity contribution in [2.45, 2.75) is 32.0 Å². The zero-order valence-corrected chi connectivity index (χ0v) is 15.8. The fourth-order valence-corrected chi connectivity index (χ4v) is 3.81. The summed E-state index contributed by atoms with van der Waals surface area (Å²) < 4.78 is 11.9. The molecule has 2 aromatic heterocycles. The van der Waals surface area contributed by atoms with E-state index in [2.05, 4.69) is 33.8 Å². The summed E-state index contributed by atoms with van der Waals surface area (Å²) >= 11 is 0. The molecule has 0 aliphatic carbocycles. The molecule has 0 bridgehead atoms. The van der Waals surface area contributed by atoms with E-state index in [4.69, 9.17) is 14.1 Å². The van der Waals surface area contributed by atoms with E-state index in [1.165, 1.54) is 0 Å². The number of ether oxygens (including phenoxy) is 1. The van der Waals surface area contributed by atoms with Crippen molar-refractivity contribution in [3.63, 3.8) is 0 Å². The first-order chi connectivity index (χ1) is 12.6. The van der Waals surface area contributed by atoms with E-state index < -0.39 is 0 Å². The Hall–Kier alpha value is -2.12. The van der Waals surface area contributed by atoms with Crippen LogP contribution in [0.4, 0.5) is 11.8 Å². The lowest BCUT2D eigenvalue weighted by Gasteiger charge is -2.37. The van der Waals surface area contributed by atoms with Gasteiger partial charge in [0.05, 0.1) is 25.3 Å². The van der Waals surface area contributed by atoms with Crippen LogP contribution in [0.1, 0.15) is 18.4 Å². The third-order valence-electron chi connectivity index (χ3n) is 5.14. The van der Waals surface area contributed by atoms with Crippen LogP contribution in [0.2, 0.25) is 0 Å². The normalized spacial score (nSPS) is 23.3. The van der Waals surface area contributed by atoms with Gasteiger partial charge in [-0.25, -0.2) is 4.98 Å². The predicted octanol–water partition coefficient (Wildman–Crippen LogP) is 1.79. The average molecular weight is 357 g/mol. The highest BCUT2D eigenvalue weighted by Gasteiger charge is 2.41. The highest BCUT2D eigenvalue weighted by atomic mass is 16.5. The number of morpholine rings is 1. The summed E-state index contributed by atoms with van der Waals surface area (Å²) in [5.41, 5.74) is 0. The molecule has 2 aliphatic heterocycles. The van der Waals surface area contributed by atoms with Crippen molar-refractivity contribution in [1.82, 2.24) is 14.9 Å². The molecule has 4 heterocycles. The van der Waals surface area contributed by atoms with Gasteiger partial charge in [0.1, 0.15) is 17.3 Å². The second-order valence-electron chi connectivity index (χ2n) is 7.19. The number of furan rings is 1. The maximum absolute atomic E-state index is 6.06. The second-order valence-corrected chi connectivity index (χ2v) is 7.19. The Kier molecular flexibility index (Phi) is 4.82. The standard InChI is InChI=1S/C19H27N5O2/c1-4-14-5-6-15(26-14)11-23-12-16-17(13-23)25-10-9-24(16)18-7-8-20-19(21-18)22(2)3/h5-8,16-17H,4,9-13H2,1-3H3/t16-,17+/m1/s1. The van der Waals surface area contributed by atoms with Gasteiger partial charge in [-0.2, -0.15) is 4.98 Å². The molecule has 0 amide bonds. The van der Waals surface area contributed by atoms with Gasteiger partial charge in [-0.1, -0.05) is 6.92 Å². The van der Waals surface area contributed by atoms with Gasteiger partial charge < -0.3 is 19.0 Å². The van der Waals surface area contributed by atoms with Crippen molar-refractivity contribution < 1.29 is 9.15 Å². The maximum Gasteiger partial charge on any atom is 0.226 e. The molecule has 7 heteroatoms. The van der Waals surface area contributed by atoms with Gasteiger partial charge in [-0.15, -0.1) is 0 Å². The minimum atomic E-state index is 0.210. The van der Waals surface area contributed by atoms with Crippen LogP contribution in [0.3, 0.4) is 0 Å². The Morgan fingerprint density at radius 2 is 2.04 bits per heavy atom. The quantitative estimate of drug-likeness (QED) is 0.808. The first-order valence-electron chi connectivity index (χ1n) is 9.32. The van der Waals surface area contributed by atoms with Crippen LogP contribution in [0.5, 0.6) is 0 Å². The highest BCUT2D eigenvalue weighted by Crippen LogP contribution is 2.28. The highest BCUT2D eigenvalue weighted by molar-refractivity contribution is 5.45. The number of nitrogens with zero attached hydrogens (tertiary/aromatic N) is 5. The maximum atomic E-state index is 6.06. The molecule has 4 rings (SSSR count). The number of anilines is 2. The molecular formula is C19H27N5O2. The predicted molar refractivity (Wildman–Crippen MR) is 101 cm³/mol. The molecule has 2 fully saturated rings. The summed E-state index contributed by atoms with van der Waals surface area (Å²) in [5.74, 6) is 3.80. The van der Waals surface area contributed by atoms with E-state index >= 15 is 0 Å². The number of fused-ring (bicyclic) bond motifs is 1. The fraction of sp³-hybridized carbons (Fsp3) is 0.579. The monoisotopic (exact) mass is 357 g/mol. The molecule has 0 radical (unpaired) electrons. The van der Waals surface area contributed by atoms with Crippen molar-refractivity contribution in [2.75, 3.05) is 50.1 Å². The van der Waals surface area contributed by atoms with Gasteiger partial charge in [-0.3, -0.25) is 4.90 Å². The number of hydrogen-bond donors (Lipinski definition) is 0. The molecule has 0 N–H and O–H groups in total. The van der Waals surface area contributed by atoms with Crippen LogP contribution in [-0.2, 0) is 17.7 Å². The summed E-state index contributed by atoms with van der Waals surface area (Å²) in [6.07, 6.45) is 2.98. The summed E-state index contributed by atoms with van der Waals surface area (Å²) in [6.45, 7) is 6.42. The zero-order chi connectivity index (χ0) is 18.1. The zero-order valence-electron chi connectivity index (χ0n) is 15.8. The third kappa shape index (κ3) is 3.41. The van der Waals surface area contributed by atoms with Crippen LogP contribution in [0.25, 0.3) is 0 Å². The van der Waals surface area contributed by atoms with Crippen LogP contribution in [-0.4, -0.2) is 67.4 Å². The Morgan fingerprint density at radius 1 is 1.19 bits per heavy atom. The Balaban J connectivity index is 1.48. The minimum absolute atomic E-state index is 0.210. The number of aromatic nitrogens is 2. The topological polar surface area (TPSA) is 57.9 Å². The first kappa shape index (κ1) is 17.3. The summed E-state index contributed by atoms with van der Waals surface area (Å²) in [7, 11) is 3.93. The van der Waals surface area contributed by atoms with Gasteiger partial charge in [-0.05, 0) is 18.2 Å². The van der Waals surface area contributed by atoms with Crippen molar-refractivity contribution in [3.8, 4) is 0 Å². The summed E-state index contributed by atoms with van der Waals surface area (Å²) in [5, 5.41) is 0. The van der Waals surface area contributed by atoms with Crippen molar-refractivity contribution >= 4 is 11.8 Å². The second kappa shape index (κ2) is 7.25. The first-order valence-corrected chi connectivity index (χ1v) is 9.32. The number of hydrogen-bond acceptors (Lipinski definition) is 7. The van der Waals surface area contributed by atoms with Crippen molar-refractivity contribution in [2.24, 2.45) is 0 Å². The van der Waals surface area contributed by atoms with Gasteiger partial charge in [0, 0.05) is 46.3 Å². The van der Waals surface area contributed by atoms with E-state index in [0.717, 1.165) is 62.5 Å². The van der Waals surface area contributed by atoms with Gasteiger partial charge >= 0.3 is 0 Å². The van der Waals surface area contributed by atoms with Gasteiger partial charge in [0.15, 0.2) is 0 Å². The fourth-order valence-electron chi connectivity index (χ4n) is 3.81. The third-order valence-corrected chi connectivity index (χ3v) is 5.14. The molecule has 0 saturated carbocycles. The van der Waals surface area contributed by atoms with E-state index in [0.29, 0.717) is 6.04 Å². The van der Waals surface area contributed by atoms with Gasteiger partial charge in [0.2, 0.25) is 5.95 Å². The Labute approximate surface area is 154 Å². The lowest BCUT2D eigenvalue weighted by molar-refractivity contribution is 0.0301. The lowest BCUT2D eigenvalue weighted by atomic mass is 10.1. The molecule has 2 aliphatic rings. The molecule has 26 heavy (non-hydrogen) atoms. The number of likely N-dealkylation sites (tertiary alicyclic amines) is 1. The lowest BCUT2D eigenvalue weighted by Crippen LogP contribution is -2.51. The number of rotatable bonds is 5. The van der Waals surface area contributed by atoms with E-state index in [1.54, 1.807) is 0 Å². The Morgan fingerprint density at radius 3 is 2.81 bits per heavy atom.